The summed E-state index contributed by atoms with van der Waals surface area (Å²) in [4.78, 5) is 0. The van der Waals surface area contributed by atoms with E-state index in [4.69, 9.17) is 23.2 Å². The molecule has 0 aromatic heterocycles. The highest BCUT2D eigenvalue weighted by atomic mass is 35.5. The summed E-state index contributed by atoms with van der Waals surface area (Å²) >= 11 is 12.1. The molecule has 3 heteroatoms. The van der Waals surface area contributed by atoms with Gasteiger partial charge in [-0.15, -0.1) is 0 Å². The van der Waals surface area contributed by atoms with Gasteiger partial charge < -0.3 is 5.32 Å². The third kappa shape index (κ3) is 5.35. The first-order valence-corrected chi connectivity index (χ1v) is 8.03. The van der Waals surface area contributed by atoms with Gasteiger partial charge in [-0.2, -0.15) is 0 Å². The zero-order valence-electron chi connectivity index (χ0n) is 12.4. The highest BCUT2D eigenvalue weighted by Crippen LogP contribution is 2.24. The quantitative estimate of drug-likeness (QED) is 0.759. The maximum absolute atomic E-state index is 6.14. The van der Waals surface area contributed by atoms with E-state index in [-0.39, 0.29) is 0 Å². The van der Waals surface area contributed by atoms with Gasteiger partial charge in [0.2, 0.25) is 0 Å². The molecule has 1 unspecified atom stereocenters. The summed E-state index contributed by atoms with van der Waals surface area (Å²) < 4.78 is 0. The van der Waals surface area contributed by atoms with Crippen LogP contribution in [0.4, 0.5) is 0 Å². The summed E-state index contributed by atoms with van der Waals surface area (Å²) in [6.07, 6.45) is 0.969. The Morgan fingerprint density at radius 2 is 1.67 bits per heavy atom. The molecular weight excluding hydrogens is 301 g/mol. The first kappa shape index (κ1) is 16.4. The van der Waals surface area contributed by atoms with Gasteiger partial charge >= 0.3 is 0 Å². The van der Waals surface area contributed by atoms with Gasteiger partial charge in [0.25, 0.3) is 0 Å². The second kappa shape index (κ2) is 7.84. The molecule has 112 valence electrons. The Morgan fingerprint density at radius 3 is 2.29 bits per heavy atom. The number of hydrogen-bond acceptors (Lipinski definition) is 1. The summed E-state index contributed by atoms with van der Waals surface area (Å²) in [5.41, 5.74) is 2.56. The van der Waals surface area contributed by atoms with Crippen molar-refractivity contribution in [1.29, 1.82) is 0 Å². The lowest BCUT2D eigenvalue weighted by Crippen LogP contribution is -2.29. The van der Waals surface area contributed by atoms with Gasteiger partial charge in [-0.25, -0.2) is 0 Å². The molecule has 0 saturated carbocycles. The zero-order valence-corrected chi connectivity index (χ0v) is 14.0. The van der Waals surface area contributed by atoms with Crippen LogP contribution in [0.3, 0.4) is 0 Å². The minimum absolute atomic E-state index is 0.396. The number of nitrogens with one attached hydrogen (secondary N) is 1. The van der Waals surface area contributed by atoms with E-state index in [2.05, 4.69) is 43.4 Å². The third-order valence-electron chi connectivity index (χ3n) is 3.49. The van der Waals surface area contributed by atoms with E-state index in [0.717, 1.165) is 23.0 Å². The third-order valence-corrected chi connectivity index (χ3v) is 3.98. The highest BCUT2D eigenvalue weighted by molar-refractivity contribution is 6.30. The Labute approximate surface area is 137 Å². The van der Waals surface area contributed by atoms with Crippen molar-refractivity contribution in [2.45, 2.75) is 32.2 Å². The molecule has 0 aliphatic carbocycles. The molecule has 1 N–H and O–H groups in total. The molecule has 2 aromatic carbocycles. The van der Waals surface area contributed by atoms with Crippen LogP contribution in [-0.2, 0) is 6.42 Å². The summed E-state index contributed by atoms with van der Waals surface area (Å²) in [5, 5.41) is 5.09. The van der Waals surface area contributed by atoms with Gasteiger partial charge in [-0.05, 0) is 41.8 Å². The van der Waals surface area contributed by atoms with E-state index in [1.807, 2.05) is 24.3 Å². The predicted molar refractivity (Wildman–Crippen MR) is 92.5 cm³/mol. The van der Waals surface area contributed by atoms with E-state index in [1.165, 1.54) is 11.1 Å². The molecule has 0 spiro atoms. The molecule has 0 amide bonds. The monoisotopic (exact) mass is 321 g/mol. The minimum Gasteiger partial charge on any atom is -0.314 e. The van der Waals surface area contributed by atoms with Gasteiger partial charge in [-0.3, -0.25) is 0 Å². The van der Waals surface area contributed by atoms with Crippen LogP contribution in [0.5, 0.6) is 0 Å². The largest absolute Gasteiger partial charge is 0.314 e. The first-order chi connectivity index (χ1) is 10.0. The lowest BCUT2D eigenvalue weighted by molar-refractivity contribution is 0.527. The second-order valence-electron chi connectivity index (χ2n) is 5.65. The molecule has 0 heterocycles. The average molecular weight is 322 g/mol. The van der Waals surface area contributed by atoms with Crippen molar-refractivity contribution in [3.8, 4) is 0 Å². The first-order valence-electron chi connectivity index (χ1n) is 7.28. The molecule has 1 nitrogen and oxygen atoms in total. The Kier molecular flexibility index (Phi) is 6.10. The van der Waals surface area contributed by atoms with Crippen LogP contribution in [0.2, 0.25) is 10.0 Å². The molecule has 0 aliphatic heterocycles. The van der Waals surface area contributed by atoms with Crippen molar-refractivity contribution in [1.82, 2.24) is 5.32 Å². The van der Waals surface area contributed by atoms with Crippen LogP contribution >= 0.6 is 23.2 Å². The van der Waals surface area contributed by atoms with Crippen LogP contribution in [0.25, 0.3) is 0 Å². The fraction of sp³-hybridized carbons (Fsp3) is 0.333. The van der Waals surface area contributed by atoms with Crippen LogP contribution < -0.4 is 5.32 Å². The molecule has 0 saturated heterocycles. The van der Waals surface area contributed by atoms with Crippen molar-refractivity contribution >= 4 is 23.2 Å². The van der Waals surface area contributed by atoms with Crippen LogP contribution in [0.1, 0.15) is 30.9 Å². The Balaban J connectivity index is 2.17. The topological polar surface area (TPSA) is 12.0 Å². The molecule has 2 rings (SSSR count). The van der Waals surface area contributed by atoms with Crippen molar-refractivity contribution in [2.75, 3.05) is 6.54 Å². The average Bonchev–Trinajstić information content (AvgIpc) is 2.45. The van der Waals surface area contributed by atoms with Gasteiger partial charge in [0, 0.05) is 28.5 Å². The summed E-state index contributed by atoms with van der Waals surface area (Å²) in [6.45, 7) is 5.26. The number of halogens is 2. The van der Waals surface area contributed by atoms with Gasteiger partial charge in [0.1, 0.15) is 0 Å². The SMILES string of the molecule is CC(C)NCC(Cc1ccc(Cl)cc1)c1cccc(Cl)c1. The molecule has 2 aromatic rings. The lowest BCUT2D eigenvalue weighted by Gasteiger charge is -2.20. The standard InChI is InChI=1S/C18H21Cl2N/c1-13(2)21-12-16(15-4-3-5-18(20)11-15)10-14-6-8-17(19)9-7-14/h3-9,11,13,16,21H,10,12H2,1-2H3. The van der Waals surface area contributed by atoms with Crippen LogP contribution in [-0.4, -0.2) is 12.6 Å². The van der Waals surface area contributed by atoms with Crippen LogP contribution in [0.15, 0.2) is 48.5 Å². The Bertz CT molecular complexity index is 564. The van der Waals surface area contributed by atoms with E-state index in [9.17, 15) is 0 Å². The fourth-order valence-electron chi connectivity index (χ4n) is 2.35. The molecule has 0 aliphatic rings. The second-order valence-corrected chi connectivity index (χ2v) is 6.52. The maximum atomic E-state index is 6.14. The smallest absolute Gasteiger partial charge is 0.0408 e. The number of rotatable bonds is 6. The van der Waals surface area contributed by atoms with E-state index in [1.54, 1.807) is 0 Å². The number of hydrogen-bond donors (Lipinski definition) is 1. The normalized spacial score (nSPS) is 12.6. The molecular formula is C18H21Cl2N. The molecule has 1 atom stereocenters. The predicted octanol–water partition coefficient (Wildman–Crippen LogP) is 5.32. The molecule has 0 fully saturated rings. The van der Waals surface area contributed by atoms with Gasteiger partial charge in [0.05, 0.1) is 0 Å². The minimum atomic E-state index is 0.396. The van der Waals surface area contributed by atoms with E-state index < -0.39 is 0 Å². The zero-order chi connectivity index (χ0) is 15.2. The van der Waals surface area contributed by atoms with Crippen molar-refractivity contribution in [2.24, 2.45) is 0 Å². The molecule has 0 radical (unpaired) electrons. The Morgan fingerprint density at radius 1 is 0.952 bits per heavy atom. The fourth-order valence-corrected chi connectivity index (χ4v) is 2.68. The summed E-state index contributed by atoms with van der Waals surface area (Å²) in [6, 6.07) is 16.7. The maximum Gasteiger partial charge on any atom is 0.0408 e. The van der Waals surface area contributed by atoms with E-state index >= 15 is 0 Å². The van der Waals surface area contributed by atoms with Crippen molar-refractivity contribution in [3.05, 3.63) is 69.7 Å². The molecule has 21 heavy (non-hydrogen) atoms. The lowest BCUT2D eigenvalue weighted by atomic mass is 9.91. The number of benzene rings is 2. The van der Waals surface area contributed by atoms with Gasteiger partial charge in [-0.1, -0.05) is 61.3 Å². The highest BCUT2D eigenvalue weighted by Gasteiger charge is 2.13. The Hall–Kier alpha value is -1.02. The van der Waals surface area contributed by atoms with Crippen LogP contribution in [0, 0.1) is 0 Å². The molecule has 0 bridgehead atoms. The van der Waals surface area contributed by atoms with E-state index in [0.29, 0.717) is 12.0 Å². The van der Waals surface area contributed by atoms with Crippen molar-refractivity contribution < 1.29 is 0 Å². The van der Waals surface area contributed by atoms with Gasteiger partial charge in [0.15, 0.2) is 0 Å². The van der Waals surface area contributed by atoms with Crippen molar-refractivity contribution in [3.63, 3.8) is 0 Å². The summed E-state index contributed by atoms with van der Waals surface area (Å²) in [7, 11) is 0. The summed E-state index contributed by atoms with van der Waals surface area (Å²) in [5.74, 6) is 0.396.